The molecule has 0 saturated heterocycles. The number of pyridine rings is 1. The Hall–Kier alpha value is -2.65. The van der Waals surface area contributed by atoms with Crippen LogP contribution in [0.5, 0.6) is 5.75 Å². The monoisotopic (exact) mass is 296 g/mol. The molecule has 6 heteroatoms. The molecule has 3 rings (SSSR count). The molecule has 0 atom stereocenters. The summed E-state index contributed by atoms with van der Waals surface area (Å²) < 4.78 is 6.52. The zero-order chi connectivity index (χ0) is 14.7. The van der Waals surface area contributed by atoms with Crippen molar-refractivity contribution in [3.8, 4) is 11.8 Å². The Kier molecular flexibility index (Phi) is 3.67. The number of nitrogens with zero attached hydrogens (tertiary/aromatic N) is 3. The van der Waals surface area contributed by atoms with Gasteiger partial charge in [-0.1, -0.05) is 17.4 Å². The number of thiazole rings is 1. The summed E-state index contributed by atoms with van der Waals surface area (Å²) in [5.41, 5.74) is 1.28. The zero-order valence-electron chi connectivity index (χ0n) is 11.3. The van der Waals surface area contributed by atoms with Crippen molar-refractivity contribution in [1.29, 1.82) is 5.26 Å². The number of hydrogen-bond donors (Lipinski definition) is 1. The molecule has 21 heavy (non-hydrogen) atoms. The van der Waals surface area contributed by atoms with E-state index in [1.165, 1.54) is 11.3 Å². The quantitative estimate of drug-likeness (QED) is 0.794. The largest absolute Gasteiger partial charge is 0.494 e. The first-order valence-corrected chi connectivity index (χ1v) is 7.27. The van der Waals surface area contributed by atoms with Crippen LogP contribution in [0.3, 0.4) is 0 Å². The smallest absolute Gasteiger partial charge is 0.189 e. The second-order valence-corrected chi connectivity index (χ2v) is 5.26. The first-order valence-electron chi connectivity index (χ1n) is 6.46. The molecule has 3 aromatic rings. The minimum absolute atomic E-state index is 0.375. The molecule has 0 unspecified atom stereocenters. The zero-order valence-corrected chi connectivity index (χ0v) is 12.1. The molecule has 0 bridgehead atoms. The van der Waals surface area contributed by atoms with Gasteiger partial charge in [-0.25, -0.2) is 9.97 Å². The molecule has 2 heterocycles. The predicted molar refractivity (Wildman–Crippen MR) is 83.0 cm³/mol. The number of rotatable bonds is 4. The van der Waals surface area contributed by atoms with Gasteiger partial charge in [0.15, 0.2) is 5.13 Å². The Bertz CT molecular complexity index is 822. The highest BCUT2D eigenvalue weighted by atomic mass is 32.1. The molecule has 0 saturated carbocycles. The van der Waals surface area contributed by atoms with Crippen molar-refractivity contribution >= 4 is 32.5 Å². The van der Waals surface area contributed by atoms with Crippen LogP contribution < -0.4 is 10.1 Å². The fourth-order valence-electron chi connectivity index (χ4n) is 1.89. The minimum atomic E-state index is 0.375. The second kappa shape index (κ2) is 5.77. The fourth-order valence-corrected chi connectivity index (χ4v) is 2.79. The van der Waals surface area contributed by atoms with E-state index in [0.29, 0.717) is 18.1 Å². The topological polar surface area (TPSA) is 70.8 Å². The maximum Gasteiger partial charge on any atom is 0.189 e. The molecule has 0 amide bonds. The summed E-state index contributed by atoms with van der Waals surface area (Å²) in [6.45, 7) is 2.60. The van der Waals surface area contributed by atoms with Gasteiger partial charge in [0.05, 0.1) is 16.8 Å². The SMILES string of the molecule is CCOc1ccc2nc(Nc3cccc(C#N)n3)sc2c1. The lowest BCUT2D eigenvalue weighted by Crippen LogP contribution is -1.93. The third kappa shape index (κ3) is 2.93. The molecule has 104 valence electrons. The van der Waals surface area contributed by atoms with Crippen molar-refractivity contribution in [1.82, 2.24) is 9.97 Å². The van der Waals surface area contributed by atoms with Gasteiger partial charge in [-0.05, 0) is 37.3 Å². The number of fused-ring (bicyclic) bond motifs is 1. The van der Waals surface area contributed by atoms with E-state index in [-0.39, 0.29) is 0 Å². The maximum absolute atomic E-state index is 8.86. The van der Waals surface area contributed by atoms with Crippen LogP contribution in [0.1, 0.15) is 12.6 Å². The number of aromatic nitrogens is 2. The highest BCUT2D eigenvalue weighted by molar-refractivity contribution is 7.22. The van der Waals surface area contributed by atoms with Gasteiger partial charge in [-0.2, -0.15) is 5.26 Å². The predicted octanol–water partition coefficient (Wildman–Crippen LogP) is 3.71. The number of hydrogen-bond acceptors (Lipinski definition) is 6. The average Bonchev–Trinajstić information content (AvgIpc) is 2.89. The van der Waals surface area contributed by atoms with Crippen LogP contribution in [0, 0.1) is 11.3 Å². The van der Waals surface area contributed by atoms with E-state index < -0.39 is 0 Å². The van der Waals surface area contributed by atoms with Crippen LogP contribution in [-0.2, 0) is 0 Å². The van der Waals surface area contributed by atoms with Gasteiger partial charge < -0.3 is 10.1 Å². The summed E-state index contributed by atoms with van der Waals surface area (Å²) >= 11 is 1.52. The van der Waals surface area contributed by atoms with E-state index in [4.69, 9.17) is 10.00 Å². The molecule has 0 radical (unpaired) electrons. The van der Waals surface area contributed by atoms with Gasteiger partial charge in [-0.15, -0.1) is 0 Å². The van der Waals surface area contributed by atoms with Crippen LogP contribution in [-0.4, -0.2) is 16.6 Å². The molecule has 0 spiro atoms. The standard InChI is InChI=1S/C15H12N4OS/c1-2-20-11-6-7-12-13(8-11)21-15(18-12)19-14-5-3-4-10(9-16)17-14/h3-8H,2H2,1H3,(H,17,18,19). The molecule has 1 aromatic carbocycles. The summed E-state index contributed by atoms with van der Waals surface area (Å²) in [5.74, 6) is 1.45. The molecule has 0 fully saturated rings. The Balaban J connectivity index is 1.88. The Labute approximate surface area is 125 Å². The van der Waals surface area contributed by atoms with Crippen molar-refractivity contribution < 1.29 is 4.74 Å². The van der Waals surface area contributed by atoms with E-state index in [1.807, 2.05) is 31.2 Å². The van der Waals surface area contributed by atoms with Crippen LogP contribution in [0.15, 0.2) is 36.4 Å². The minimum Gasteiger partial charge on any atom is -0.494 e. The van der Waals surface area contributed by atoms with Crippen LogP contribution in [0.25, 0.3) is 10.2 Å². The molecule has 0 aliphatic rings. The van der Waals surface area contributed by atoms with E-state index >= 15 is 0 Å². The molecule has 1 N–H and O–H groups in total. The number of benzene rings is 1. The summed E-state index contributed by atoms with van der Waals surface area (Å²) in [6.07, 6.45) is 0. The van der Waals surface area contributed by atoms with Gasteiger partial charge in [-0.3, -0.25) is 0 Å². The van der Waals surface area contributed by atoms with Crippen molar-refractivity contribution in [2.45, 2.75) is 6.92 Å². The van der Waals surface area contributed by atoms with Crippen LogP contribution in [0.4, 0.5) is 10.9 Å². The molecule has 5 nitrogen and oxygen atoms in total. The van der Waals surface area contributed by atoms with Crippen LogP contribution in [0.2, 0.25) is 0 Å². The molecular formula is C15H12N4OS. The van der Waals surface area contributed by atoms with Crippen molar-refractivity contribution in [2.75, 3.05) is 11.9 Å². The number of nitrogens with one attached hydrogen (secondary N) is 1. The summed E-state index contributed by atoms with van der Waals surface area (Å²) in [5, 5.41) is 12.7. The van der Waals surface area contributed by atoms with Crippen LogP contribution >= 0.6 is 11.3 Å². The van der Waals surface area contributed by atoms with Gasteiger partial charge in [0.2, 0.25) is 0 Å². The lowest BCUT2D eigenvalue weighted by atomic mass is 10.3. The fraction of sp³-hybridized carbons (Fsp3) is 0.133. The highest BCUT2D eigenvalue weighted by Gasteiger charge is 2.06. The number of anilines is 2. The van der Waals surface area contributed by atoms with Crippen molar-refractivity contribution in [3.05, 3.63) is 42.1 Å². The summed E-state index contributed by atoms with van der Waals surface area (Å²) in [6, 6.07) is 13.1. The van der Waals surface area contributed by atoms with Gasteiger partial charge in [0, 0.05) is 0 Å². The number of ether oxygens (including phenoxy) is 1. The lowest BCUT2D eigenvalue weighted by Gasteiger charge is -2.00. The number of nitriles is 1. The summed E-state index contributed by atoms with van der Waals surface area (Å²) in [7, 11) is 0. The Morgan fingerprint density at radius 1 is 1.29 bits per heavy atom. The van der Waals surface area contributed by atoms with Crippen molar-refractivity contribution in [2.24, 2.45) is 0 Å². The van der Waals surface area contributed by atoms with E-state index in [0.717, 1.165) is 21.1 Å². The Morgan fingerprint density at radius 2 is 2.19 bits per heavy atom. The highest BCUT2D eigenvalue weighted by Crippen LogP contribution is 2.30. The van der Waals surface area contributed by atoms with Crippen molar-refractivity contribution in [3.63, 3.8) is 0 Å². The second-order valence-electron chi connectivity index (χ2n) is 4.23. The average molecular weight is 296 g/mol. The lowest BCUT2D eigenvalue weighted by molar-refractivity contribution is 0.341. The van der Waals surface area contributed by atoms with E-state index in [1.54, 1.807) is 18.2 Å². The third-order valence-corrected chi connectivity index (χ3v) is 3.70. The molecule has 2 aromatic heterocycles. The van der Waals surface area contributed by atoms with Gasteiger partial charge in [0.1, 0.15) is 23.3 Å². The Morgan fingerprint density at radius 3 is 3.00 bits per heavy atom. The first-order chi connectivity index (χ1) is 10.3. The van der Waals surface area contributed by atoms with Gasteiger partial charge in [0.25, 0.3) is 0 Å². The first kappa shape index (κ1) is 13.3. The normalized spacial score (nSPS) is 10.3. The molecule has 0 aliphatic heterocycles. The van der Waals surface area contributed by atoms with E-state index in [9.17, 15) is 0 Å². The molecule has 0 aliphatic carbocycles. The summed E-state index contributed by atoms with van der Waals surface area (Å²) in [4.78, 5) is 8.67. The third-order valence-electron chi connectivity index (χ3n) is 2.77. The van der Waals surface area contributed by atoms with E-state index in [2.05, 4.69) is 15.3 Å². The maximum atomic E-state index is 8.86. The van der Waals surface area contributed by atoms with Gasteiger partial charge >= 0.3 is 0 Å². The molecular weight excluding hydrogens is 284 g/mol.